The minimum absolute atomic E-state index is 0.0417. The first kappa shape index (κ1) is 15.9. The molecule has 1 saturated heterocycles. The number of carbonyl (C=O) groups is 1. The Hall–Kier alpha value is -1.95. The van der Waals surface area contributed by atoms with Crippen LogP contribution in [0.2, 0.25) is 0 Å². The molecular formula is C17H24N2O4. The largest absolute Gasteiger partial charge is 0.454 e. The van der Waals surface area contributed by atoms with Crippen LogP contribution < -0.4 is 14.8 Å². The molecule has 0 unspecified atom stereocenters. The predicted molar refractivity (Wildman–Crippen MR) is 85.6 cm³/mol. The maximum Gasteiger partial charge on any atom is 0.317 e. The van der Waals surface area contributed by atoms with Crippen molar-refractivity contribution in [2.45, 2.75) is 38.8 Å². The van der Waals surface area contributed by atoms with Crippen molar-refractivity contribution in [1.82, 2.24) is 10.2 Å². The third-order valence-electron chi connectivity index (χ3n) is 4.07. The molecule has 126 valence electrons. The molecule has 2 amide bonds. The van der Waals surface area contributed by atoms with Crippen molar-refractivity contribution >= 4 is 6.03 Å². The molecule has 2 aliphatic heterocycles. The highest BCUT2D eigenvalue weighted by Gasteiger charge is 2.23. The molecule has 0 bridgehead atoms. The van der Waals surface area contributed by atoms with Crippen LogP contribution in [0.3, 0.4) is 0 Å². The highest BCUT2D eigenvalue weighted by molar-refractivity contribution is 5.74. The average Bonchev–Trinajstić information content (AvgIpc) is 3.22. The molecule has 0 aliphatic carbocycles. The number of ether oxygens (including phenoxy) is 3. The van der Waals surface area contributed by atoms with Crippen molar-refractivity contribution in [2.24, 2.45) is 0 Å². The first-order valence-corrected chi connectivity index (χ1v) is 8.29. The van der Waals surface area contributed by atoms with Gasteiger partial charge in [-0.1, -0.05) is 13.0 Å². The Morgan fingerprint density at radius 1 is 1.35 bits per heavy atom. The number of hydrogen-bond donors (Lipinski definition) is 1. The summed E-state index contributed by atoms with van der Waals surface area (Å²) < 4.78 is 16.4. The number of urea groups is 1. The Kier molecular flexibility index (Phi) is 5.23. The molecule has 6 heteroatoms. The monoisotopic (exact) mass is 320 g/mol. The van der Waals surface area contributed by atoms with E-state index in [2.05, 4.69) is 5.32 Å². The number of rotatable bonds is 6. The molecule has 0 saturated carbocycles. The summed E-state index contributed by atoms with van der Waals surface area (Å²) in [5.41, 5.74) is 1.03. The lowest BCUT2D eigenvalue weighted by Gasteiger charge is -2.26. The summed E-state index contributed by atoms with van der Waals surface area (Å²) in [6.45, 7) is 4.93. The number of nitrogens with zero attached hydrogens (tertiary/aromatic N) is 1. The molecule has 1 atom stereocenters. The number of carbonyl (C=O) groups excluding carboxylic acids is 1. The minimum Gasteiger partial charge on any atom is -0.454 e. The van der Waals surface area contributed by atoms with Gasteiger partial charge in [-0.15, -0.1) is 0 Å². The first-order valence-electron chi connectivity index (χ1n) is 8.29. The molecule has 2 heterocycles. The first-order chi connectivity index (χ1) is 11.3. The van der Waals surface area contributed by atoms with E-state index < -0.39 is 0 Å². The molecule has 1 aromatic carbocycles. The van der Waals surface area contributed by atoms with Crippen LogP contribution in [0, 0.1) is 0 Å². The van der Waals surface area contributed by atoms with Gasteiger partial charge in [0.15, 0.2) is 11.5 Å². The topological polar surface area (TPSA) is 60.0 Å². The summed E-state index contributed by atoms with van der Waals surface area (Å²) >= 11 is 0. The van der Waals surface area contributed by atoms with E-state index in [1.807, 2.05) is 30.0 Å². The summed E-state index contributed by atoms with van der Waals surface area (Å²) in [6.07, 6.45) is 3.14. The van der Waals surface area contributed by atoms with Crippen LogP contribution >= 0.6 is 0 Å². The third-order valence-corrected chi connectivity index (χ3v) is 4.07. The van der Waals surface area contributed by atoms with Gasteiger partial charge in [-0.3, -0.25) is 0 Å². The molecule has 23 heavy (non-hydrogen) atoms. The van der Waals surface area contributed by atoms with Gasteiger partial charge in [-0.25, -0.2) is 4.79 Å². The zero-order valence-corrected chi connectivity index (χ0v) is 13.5. The molecular weight excluding hydrogens is 296 g/mol. The van der Waals surface area contributed by atoms with Crippen LogP contribution in [0.25, 0.3) is 0 Å². The zero-order valence-electron chi connectivity index (χ0n) is 13.5. The van der Waals surface area contributed by atoms with Crippen molar-refractivity contribution in [3.05, 3.63) is 23.8 Å². The molecule has 0 aromatic heterocycles. The standard InChI is InChI=1S/C17H24N2O4/c1-2-7-18-17(20)19(11-14-4-3-8-21-14)10-13-5-6-15-16(9-13)23-12-22-15/h5-6,9,14H,2-4,7-8,10-12H2,1H3,(H,18,20)/t14-/m0/s1. The highest BCUT2D eigenvalue weighted by atomic mass is 16.7. The van der Waals surface area contributed by atoms with Gasteiger partial charge in [-0.05, 0) is 37.0 Å². The number of fused-ring (bicyclic) bond motifs is 1. The van der Waals surface area contributed by atoms with E-state index in [1.54, 1.807) is 0 Å². The number of benzene rings is 1. The number of hydrogen-bond acceptors (Lipinski definition) is 4. The van der Waals surface area contributed by atoms with E-state index in [0.717, 1.165) is 42.9 Å². The van der Waals surface area contributed by atoms with Crippen LogP contribution in [-0.2, 0) is 11.3 Å². The second kappa shape index (κ2) is 7.55. The smallest absolute Gasteiger partial charge is 0.317 e. The Labute approximate surface area is 136 Å². The molecule has 1 fully saturated rings. The fourth-order valence-corrected chi connectivity index (χ4v) is 2.86. The van der Waals surface area contributed by atoms with Crippen LogP contribution in [0.5, 0.6) is 11.5 Å². The SMILES string of the molecule is CCCNC(=O)N(Cc1ccc2c(c1)OCO2)C[C@@H]1CCCO1. The van der Waals surface area contributed by atoms with E-state index in [-0.39, 0.29) is 18.9 Å². The van der Waals surface area contributed by atoms with Crippen molar-refractivity contribution in [1.29, 1.82) is 0 Å². The fraction of sp³-hybridized carbons (Fsp3) is 0.588. The van der Waals surface area contributed by atoms with Crippen molar-refractivity contribution in [3.63, 3.8) is 0 Å². The Morgan fingerprint density at radius 2 is 2.22 bits per heavy atom. The number of amides is 2. The van der Waals surface area contributed by atoms with E-state index in [4.69, 9.17) is 14.2 Å². The lowest BCUT2D eigenvalue weighted by atomic mass is 10.1. The molecule has 0 radical (unpaired) electrons. The van der Waals surface area contributed by atoms with Crippen LogP contribution in [0.4, 0.5) is 4.79 Å². The highest BCUT2D eigenvalue weighted by Crippen LogP contribution is 2.32. The van der Waals surface area contributed by atoms with Gasteiger partial charge in [-0.2, -0.15) is 0 Å². The quantitative estimate of drug-likeness (QED) is 0.875. The second-order valence-corrected chi connectivity index (χ2v) is 5.94. The third kappa shape index (κ3) is 4.07. The van der Waals surface area contributed by atoms with Crippen LogP contribution in [-0.4, -0.2) is 43.5 Å². The summed E-state index contributed by atoms with van der Waals surface area (Å²) in [5.74, 6) is 1.50. The van der Waals surface area contributed by atoms with Crippen LogP contribution in [0.15, 0.2) is 18.2 Å². The Bertz CT molecular complexity index is 543. The van der Waals surface area contributed by atoms with Crippen molar-refractivity contribution < 1.29 is 19.0 Å². The van der Waals surface area contributed by atoms with E-state index >= 15 is 0 Å². The van der Waals surface area contributed by atoms with Crippen molar-refractivity contribution in [3.8, 4) is 11.5 Å². The summed E-state index contributed by atoms with van der Waals surface area (Å²) in [5, 5.41) is 2.95. The van der Waals surface area contributed by atoms with Crippen LogP contribution in [0.1, 0.15) is 31.7 Å². The van der Waals surface area contributed by atoms with Gasteiger partial charge < -0.3 is 24.4 Å². The maximum atomic E-state index is 12.4. The summed E-state index contributed by atoms with van der Waals surface area (Å²) in [7, 11) is 0. The van der Waals surface area contributed by atoms with Gasteiger partial charge in [0.1, 0.15) is 0 Å². The molecule has 2 aliphatic rings. The summed E-state index contributed by atoms with van der Waals surface area (Å²) in [6, 6.07) is 5.77. The van der Waals surface area contributed by atoms with E-state index in [9.17, 15) is 4.79 Å². The molecule has 6 nitrogen and oxygen atoms in total. The zero-order chi connectivity index (χ0) is 16.1. The van der Waals surface area contributed by atoms with Crippen molar-refractivity contribution in [2.75, 3.05) is 26.5 Å². The van der Waals surface area contributed by atoms with Gasteiger partial charge in [0.05, 0.1) is 6.10 Å². The Morgan fingerprint density at radius 3 is 3.00 bits per heavy atom. The number of nitrogens with one attached hydrogen (secondary N) is 1. The van der Waals surface area contributed by atoms with Gasteiger partial charge in [0.25, 0.3) is 0 Å². The van der Waals surface area contributed by atoms with Gasteiger partial charge in [0.2, 0.25) is 6.79 Å². The lowest BCUT2D eigenvalue weighted by Crippen LogP contribution is -2.43. The molecule has 1 aromatic rings. The van der Waals surface area contributed by atoms with E-state index in [0.29, 0.717) is 19.6 Å². The molecule has 3 rings (SSSR count). The normalized spacial score (nSPS) is 18.9. The van der Waals surface area contributed by atoms with E-state index in [1.165, 1.54) is 0 Å². The minimum atomic E-state index is -0.0417. The fourth-order valence-electron chi connectivity index (χ4n) is 2.86. The molecule has 0 spiro atoms. The molecule has 1 N–H and O–H groups in total. The lowest BCUT2D eigenvalue weighted by molar-refractivity contribution is 0.0795. The maximum absolute atomic E-state index is 12.4. The average molecular weight is 320 g/mol. The second-order valence-electron chi connectivity index (χ2n) is 5.94. The summed E-state index contributed by atoms with van der Waals surface area (Å²) in [4.78, 5) is 14.3. The predicted octanol–water partition coefficient (Wildman–Crippen LogP) is 2.52. The Balaban J connectivity index is 1.67. The van der Waals surface area contributed by atoms with Gasteiger partial charge in [0, 0.05) is 26.2 Å². The van der Waals surface area contributed by atoms with Gasteiger partial charge >= 0.3 is 6.03 Å².